The number of hydrogen-bond donors (Lipinski definition) is 2. The molecular formula is C20H16ClN5O6S. The number of anilines is 2. The number of rotatable bonds is 8. The van der Waals surface area contributed by atoms with Crippen molar-refractivity contribution in [3.05, 3.63) is 97.5 Å². The van der Waals surface area contributed by atoms with E-state index < -0.39 is 25.6 Å². The van der Waals surface area contributed by atoms with Gasteiger partial charge in [-0.25, -0.2) is 8.42 Å². The van der Waals surface area contributed by atoms with Crippen LogP contribution < -0.4 is 10.1 Å². The van der Waals surface area contributed by atoms with E-state index in [0.29, 0.717) is 16.3 Å². The first kappa shape index (κ1) is 23.6. The Balaban J connectivity index is 1.88. The van der Waals surface area contributed by atoms with Crippen LogP contribution in [0.2, 0.25) is 5.02 Å². The topological polar surface area (TPSA) is 157 Å². The number of nitro benzene ring substituents is 2. The first-order valence-electron chi connectivity index (χ1n) is 9.19. The number of nitrogens with one attached hydrogen (secondary N) is 2. The fraction of sp³-hybridized carbons (Fsp3) is 0.0500. The minimum Gasteiger partial charge on any atom is -0.280 e. The summed E-state index contributed by atoms with van der Waals surface area (Å²) in [4.78, 5) is 20.8. The third kappa shape index (κ3) is 5.81. The van der Waals surface area contributed by atoms with Gasteiger partial charge in [-0.3, -0.25) is 30.4 Å². The van der Waals surface area contributed by atoms with Crippen LogP contribution in [0.25, 0.3) is 0 Å². The third-order valence-corrected chi connectivity index (χ3v) is 5.99. The molecule has 0 saturated heterocycles. The molecule has 0 saturated carbocycles. The maximum atomic E-state index is 12.7. The van der Waals surface area contributed by atoms with Gasteiger partial charge in [-0.2, -0.15) is 5.10 Å². The summed E-state index contributed by atoms with van der Waals surface area (Å²) < 4.78 is 27.6. The van der Waals surface area contributed by atoms with E-state index in [-0.39, 0.29) is 22.0 Å². The van der Waals surface area contributed by atoms with E-state index in [1.807, 2.05) is 0 Å². The van der Waals surface area contributed by atoms with Gasteiger partial charge < -0.3 is 0 Å². The fourth-order valence-electron chi connectivity index (χ4n) is 2.74. The molecule has 3 aromatic carbocycles. The van der Waals surface area contributed by atoms with Crippen LogP contribution >= 0.6 is 11.6 Å². The van der Waals surface area contributed by atoms with Gasteiger partial charge in [-0.05, 0) is 37.3 Å². The van der Waals surface area contributed by atoms with Crippen molar-refractivity contribution in [3.63, 3.8) is 0 Å². The average molecular weight is 490 g/mol. The highest BCUT2D eigenvalue weighted by Gasteiger charge is 2.22. The Hall–Kier alpha value is -4.03. The lowest BCUT2D eigenvalue weighted by Crippen LogP contribution is -2.13. The number of hydrazone groups is 1. The molecule has 0 aromatic heterocycles. The largest absolute Gasteiger partial charge is 0.295 e. The van der Waals surface area contributed by atoms with Crippen molar-refractivity contribution in [1.82, 2.24) is 0 Å². The molecule has 33 heavy (non-hydrogen) atoms. The number of nitro groups is 2. The summed E-state index contributed by atoms with van der Waals surface area (Å²) in [6, 6.07) is 15.0. The average Bonchev–Trinajstić information content (AvgIpc) is 2.77. The molecule has 0 radical (unpaired) electrons. The molecule has 0 bridgehead atoms. The quantitative estimate of drug-likeness (QED) is 0.261. The van der Waals surface area contributed by atoms with E-state index in [2.05, 4.69) is 15.2 Å². The van der Waals surface area contributed by atoms with Crippen LogP contribution in [-0.2, 0) is 10.0 Å². The fourth-order valence-corrected chi connectivity index (χ4v) is 4.00. The van der Waals surface area contributed by atoms with E-state index in [1.54, 1.807) is 25.1 Å². The Kier molecular flexibility index (Phi) is 6.89. The molecule has 11 nitrogen and oxygen atoms in total. The first-order valence-corrected chi connectivity index (χ1v) is 11.0. The molecule has 2 N–H and O–H groups in total. The first-order chi connectivity index (χ1) is 15.6. The molecule has 13 heteroatoms. The Bertz CT molecular complexity index is 1380. The lowest BCUT2D eigenvalue weighted by Gasteiger charge is -2.10. The van der Waals surface area contributed by atoms with Crippen LogP contribution in [0, 0.1) is 20.2 Å². The molecule has 0 atom stereocenters. The van der Waals surface area contributed by atoms with Gasteiger partial charge in [0.2, 0.25) is 0 Å². The normalized spacial score (nSPS) is 11.6. The standard InChI is InChI=1S/C20H16ClN5O6S/c1-13(14-4-2-7-17(10-14)25(27)28)22-23-19-9-8-18(12-20(19)26(29)30)33(31,32)24-16-6-3-5-15(21)11-16/h2-12,23-24H,1H3. The maximum Gasteiger partial charge on any atom is 0.295 e. The van der Waals surface area contributed by atoms with Gasteiger partial charge in [0.05, 0.1) is 26.1 Å². The Morgan fingerprint density at radius 1 is 0.970 bits per heavy atom. The number of hydrogen-bond acceptors (Lipinski definition) is 8. The minimum atomic E-state index is -4.13. The third-order valence-electron chi connectivity index (χ3n) is 4.37. The summed E-state index contributed by atoms with van der Waals surface area (Å²) in [5.74, 6) is 0. The van der Waals surface area contributed by atoms with E-state index in [9.17, 15) is 28.6 Å². The van der Waals surface area contributed by atoms with Gasteiger partial charge in [0.15, 0.2) is 0 Å². The zero-order valence-electron chi connectivity index (χ0n) is 16.9. The summed E-state index contributed by atoms with van der Waals surface area (Å²) in [5, 5.41) is 26.8. The van der Waals surface area contributed by atoms with E-state index in [0.717, 1.165) is 6.07 Å². The molecule has 0 amide bonds. The van der Waals surface area contributed by atoms with Crippen LogP contribution in [0.15, 0.2) is 76.7 Å². The van der Waals surface area contributed by atoms with Crippen LogP contribution in [0.4, 0.5) is 22.7 Å². The molecule has 0 aliphatic carbocycles. The Morgan fingerprint density at radius 3 is 2.36 bits per heavy atom. The SMILES string of the molecule is CC(=NNc1ccc(S(=O)(=O)Nc2cccc(Cl)c2)cc1[N+](=O)[O-])c1cccc([N+](=O)[O-])c1. The second kappa shape index (κ2) is 9.63. The monoisotopic (exact) mass is 489 g/mol. The number of nitrogens with zero attached hydrogens (tertiary/aromatic N) is 3. The van der Waals surface area contributed by atoms with Crippen molar-refractivity contribution in [2.24, 2.45) is 5.10 Å². The lowest BCUT2D eigenvalue weighted by molar-refractivity contribution is -0.384. The van der Waals surface area contributed by atoms with Gasteiger partial charge >= 0.3 is 0 Å². The van der Waals surface area contributed by atoms with Gasteiger partial charge in [0.25, 0.3) is 21.4 Å². The lowest BCUT2D eigenvalue weighted by atomic mass is 10.1. The second-order valence-electron chi connectivity index (χ2n) is 6.67. The van der Waals surface area contributed by atoms with Gasteiger partial charge in [-0.1, -0.05) is 29.8 Å². The number of halogens is 1. The van der Waals surface area contributed by atoms with E-state index >= 15 is 0 Å². The van der Waals surface area contributed by atoms with Gasteiger partial charge in [0, 0.05) is 28.8 Å². The zero-order valence-corrected chi connectivity index (χ0v) is 18.5. The molecule has 3 rings (SSSR count). The predicted molar refractivity (Wildman–Crippen MR) is 124 cm³/mol. The van der Waals surface area contributed by atoms with Crippen molar-refractivity contribution >= 4 is 50.1 Å². The summed E-state index contributed by atoms with van der Waals surface area (Å²) in [6.45, 7) is 1.56. The number of non-ortho nitro benzene ring substituents is 1. The second-order valence-corrected chi connectivity index (χ2v) is 8.79. The summed E-state index contributed by atoms with van der Waals surface area (Å²) in [7, 11) is -4.13. The van der Waals surface area contributed by atoms with Crippen LogP contribution in [0.3, 0.4) is 0 Å². The zero-order chi connectivity index (χ0) is 24.2. The summed E-state index contributed by atoms with van der Waals surface area (Å²) in [5.41, 5.74) is 2.76. The molecule has 0 spiro atoms. The molecular weight excluding hydrogens is 474 g/mol. The van der Waals surface area contributed by atoms with E-state index in [1.165, 1.54) is 42.5 Å². The van der Waals surface area contributed by atoms with Crippen molar-refractivity contribution in [2.45, 2.75) is 11.8 Å². The van der Waals surface area contributed by atoms with Crippen molar-refractivity contribution in [2.75, 3.05) is 10.1 Å². The van der Waals surface area contributed by atoms with Crippen molar-refractivity contribution < 1.29 is 18.3 Å². The maximum absolute atomic E-state index is 12.7. The summed E-state index contributed by atoms with van der Waals surface area (Å²) in [6.07, 6.45) is 0. The molecule has 0 fully saturated rings. The number of sulfonamides is 1. The molecule has 0 aliphatic rings. The van der Waals surface area contributed by atoms with Gasteiger partial charge in [-0.15, -0.1) is 0 Å². The number of benzene rings is 3. The summed E-state index contributed by atoms with van der Waals surface area (Å²) >= 11 is 5.86. The van der Waals surface area contributed by atoms with Gasteiger partial charge in [0.1, 0.15) is 5.69 Å². The molecule has 3 aromatic rings. The Labute approximate surface area is 193 Å². The van der Waals surface area contributed by atoms with Crippen molar-refractivity contribution in [3.8, 4) is 0 Å². The highest BCUT2D eigenvalue weighted by atomic mass is 35.5. The van der Waals surface area contributed by atoms with Crippen LogP contribution in [0.5, 0.6) is 0 Å². The highest BCUT2D eigenvalue weighted by molar-refractivity contribution is 7.92. The minimum absolute atomic E-state index is 0.0634. The van der Waals surface area contributed by atoms with Crippen molar-refractivity contribution in [1.29, 1.82) is 0 Å². The molecule has 0 unspecified atom stereocenters. The predicted octanol–water partition coefficient (Wildman–Crippen LogP) is 4.79. The molecule has 0 heterocycles. The van der Waals surface area contributed by atoms with Crippen LogP contribution in [0.1, 0.15) is 12.5 Å². The highest BCUT2D eigenvalue weighted by Crippen LogP contribution is 2.29. The van der Waals surface area contributed by atoms with Crippen LogP contribution in [-0.4, -0.2) is 24.0 Å². The Morgan fingerprint density at radius 2 is 1.70 bits per heavy atom. The molecule has 170 valence electrons. The molecule has 0 aliphatic heterocycles. The van der Waals surface area contributed by atoms with E-state index in [4.69, 9.17) is 11.6 Å². The smallest absolute Gasteiger partial charge is 0.280 e.